The van der Waals surface area contributed by atoms with Gasteiger partial charge in [-0.15, -0.1) is 0 Å². The molecule has 0 saturated heterocycles. The average Bonchev–Trinajstić information content (AvgIpc) is 3.51. The van der Waals surface area contributed by atoms with Gasteiger partial charge in [0, 0.05) is 50.5 Å². The number of carbonyl (C=O) groups excluding carboxylic acids is 2. The maximum absolute atomic E-state index is 13.7. The molecule has 0 heterocycles. The van der Waals surface area contributed by atoms with Gasteiger partial charge in [0.25, 0.3) is 0 Å². The molecule has 1 aliphatic carbocycles. The molecule has 1 saturated carbocycles. The van der Waals surface area contributed by atoms with Gasteiger partial charge in [-0.05, 0) is 68.1 Å². The Kier molecular flexibility index (Phi) is 7.15. The smallest absolute Gasteiger partial charge is 0.319 e. The summed E-state index contributed by atoms with van der Waals surface area (Å²) < 4.78 is 13.7. The van der Waals surface area contributed by atoms with Gasteiger partial charge in [0.2, 0.25) is 5.91 Å². The molecule has 0 aliphatic heterocycles. The average molecular weight is 427 g/mol. The second-order valence-electron chi connectivity index (χ2n) is 8.59. The van der Waals surface area contributed by atoms with Gasteiger partial charge >= 0.3 is 6.03 Å². The van der Waals surface area contributed by atoms with Crippen molar-refractivity contribution >= 4 is 23.3 Å². The molecule has 2 N–H and O–H groups in total. The first-order valence-electron chi connectivity index (χ1n) is 10.6. The number of urea groups is 1. The van der Waals surface area contributed by atoms with E-state index in [-0.39, 0.29) is 29.7 Å². The van der Waals surface area contributed by atoms with Gasteiger partial charge in [0.05, 0.1) is 0 Å². The Labute approximate surface area is 183 Å². The first kappa shape index (κ1) is 22.6. The van der Waals surface area contributed by atoms with Crippen LogP contribution in [-0.2, 0) is 17.9 Å². The van der Waals surface area contributed by atoms with Crippen molar-refractivity contribution < 1.29 is 14.0 Å². The molecule has 3 amide bonds. The van der Waals surface area contributed by atoms with Gasteiger partial charge in [-0.2, -0.15) is 0 Å². The van der Waals surface area contributed by atoms with Crippen molar-refractivity contribution in [2.24, 2.45) is 5.92 Å². The molecule has 1 fully saturated rings. The third kappa shape index (κ3) is 6.44. The highest BCUT2D eigenvalue weighted by Crippen LogP contribution is 2.33. The minimum Gasteiger partial charge on any atom is -0.377 e. The molecule has 0 radical (unpaired) electrons. The van der Waals surface area contributed by atoms with Crippen LogP contribution in [-0.4, -0.2) is 37.0 Å². The summed E-state index contributed by atoms with van der Waals surface area (Å²) in [6, 6.07) is 11.8. The number of anilines is 2. The van der Waals surface area contributed by atoms with Crippen LogP contribution in [0.15, 0.2) is 42.5 Å². The lowest BCUT2D eigenvalue weighted by atomic mass is 10.1. The standard InChI is InChI=1S/C24H31FN4O2/c1-16(2)26-24(31)27-21-10-11-22(28(3)4)19(13-21)15-29(23(30)18-8-9-18)14-17-6-5-7-20(25)12-17/h5-7,10-13,16,18H,8-9,14-15H2,1-4H3,(H2,26,27,31). The highest BCUT2D eigenvalue weighted by molar-refractivity contribution is 5.90. The van der Waals surface area contributed by atoms with E-state index in [4.69, 9.17) is 0 Å². The molecule has 0 spiro atoms. The predicted octanol–water partition coefficient (Wildman–Crippen LogP) is 4.36. The molecule has 2 aromatic carbocycles. The van der Waals surface area contributed by atoms with E-state index in [0.717, 1.165) is 29.7 Å². The van der Waals surface area contributed by atoms with Crippen LogP contribution in [0.2, 0.25) is 0 Å². The topological polar surface area (TPSA) is 64.7 Å². The number of nitrogens with one attached hydrogen (secondary N) is 2. The van der Waals surface area contributed by atoms with E-state index in [2.05, 4.69) is 10.6 Å². The quantitative estimate of drug-likeness (QED) is 0.659. The van der Waals surface area contributed by atoms with Crippen LogP contribution in [0.4, 0.5) is 20.6 Å². The molecule has 0 atom stereocenters. The van der Waals surface area contributed by atoms with Crippen LogP contribution in [0.25, 0.3) is 0 Å². The molecule has 7 heteroatoms. The monoisotopic (exact) mass is 426 g/mol. The van der Waals surface area contributed by atoms with Gasteiger partial charge in [0.15, 0.2) is 0 Å². The van der Waals surface area contributed by atoms with E-state index < -0.39 is 0 Å². The molecule has 0 unspecified atom stereocenters. The summed E-state index contributed by atoms with van der Waals surface area (Å²) in [6.07, 6.45) is 1.80. The van der Waals surface area contributed by atoms with Crippen molar-refractivity contribution in [3.8, 4) is 0 Å². The summed E-state index contributed by atoms with van der Waals surface area (Å²) >= 11 is 0. The van der Waals surface area contributed by atoms with Crippen molar-refractivity contribution in [3.63, 3.8) is 0 Å². The van der Waals surface area contributed by atoms with E-state index in [1.54, 1.807) is 11.0 Å². The van der Waals surface area contributed by atoms with E-state index in [1.807, 2.05) is 57.1 Å². The number of nitrogens with zero attached hydrogens (tertiary/aromatic N) is 2. The maximum Gasteiger partial charge on any atom is 0.319 e. The van der Waals surface area contributed by atoms with Crippen LogP contribution in [0.5, 0.6) is 0 Å². The predicted molar refractivity (Wildman–Crippen MR) is 121 cm³/mol. The van der Waals surface area contributed by atoms with Crippen molar-refractivity contribution in [1.29, 1.82) is 0 Å². The van der Waals surface area contributed by atoms with Crippen LogP contribution < -0.4 is 15.5 Å². The summed E-state index contributed by atoms with van der Waals surface area (Å²) in [5, 5.41) is 5.66. The maximum atomic E-state index is 13.7. The lowest BCUT2D eigenvalue weighted by molar-refractivity contribution is -0.133. The number of carbonyl (C=O) groups is 2. The molecule has 6 nitrogen and oxygen atoms in total. The fourth-order valence-electron chi connectivity index (χ4n) is 3.52. The van der Waals surface area contributed by atoms with Crippen LogP contribution in [0, 0.1) is 11.7 Å². The molecule has 3 rings (SSSR count). The fraction of sp³-hybridized carbons (Fsp3) is 0.417. The van der Waals surface area contributed by atoms with E-state index in [0.29, 0.717) is 18.8 Å². The normalized spacial score (nSPS) is 13.1. The molecule has 0 bridgehead atoms. The van der Waals surface area contributed by atoms with Crippen LogP contribution in [0.3, 0.4) is 0 Å². The van der Waals surface area contributed by atoms with E-state index >= 15 is 0 Å². The molecule has 166 valence electrons. The van der Waals surface area contributed by atoms with Crippen molar-refractivity contribution in [1.82, 2.24) is 10.2 Å². The zero-order chi connectivity index (χ0) is 22.5. The number of rotatable bonds is 8. The van der Waals surface area contributed by atoms with E-state index in [9.17, 15) is 14.0 Å². The second-order valence-corrected chi connectivity index (χ2v) is 8.59. The van der Waals surface area contributed by atoms with Gasteiger partial charge in [-0.3, -0.25) is 4.79 Å². The van der Waals surface area contributed by atoms with Crippen LogP contribution >= 0.6 is 0 Å². The largest absolute Gasteiger partial charge is 0.377 e. The van der Waals surface area contributed by atoms with Crippen molar-refractivity contribution in [2.45, 2.75) is 45.8 Å². The zero-order valence-corrected chi connectivity index (χ0v) is 18.6. The zero-order valence-electron chi connectivity index (χ0n) is 18.6. The minimum absolute atomic E-state index is 0.0263. The Bertz CT molecular complexity index is 941. The minimum atomic E-state index is -0.312. The Morgan fingerprint density at radius 1 is 1.10 bits per heavy atom. The number of halogens is 1. The molecule has 31 heavy (non-hydrogen) atoms. The van der Waals surface area contributed by atoms with Crippen molar-refractivity contribution in [3.05, 3.63) is 59.4 Å². The summed E-state index contributed by atoms with van der Waals surface area (Å²) in [6.45, 7) is 4.51. The van der Waals surface area contributed by atoms with Gasteiger partial charge in [0.1, 0.15) is 5.82 Å². The van der Waals surface area contributed by atoms with Crippen molar-refractivity contribution in [2.75, 3.05) is 24.3 Å². The molecule has 1 aliphatic rings. The number of amides is 3. The molecule has 2 aromatic rings. The third-order valence-corrected chi connectivity index (χ3v) is 5.10. The highest BCUT2D eigenvalue weighted by Gasteiger charge is 2.33. The lowest BCUT2D eigenvalue weighted by Gasteiger charge is -2.26. The van der Waals surface area contributed by atoms with Crippen LogP contribution in [0.1, 0.15) is 37.8 Å². The summed E-state index contributed by atoms with van der Waals surface area (Å²) in [4.78, 5) is 28.9. The molecular weight excluding hydrogens is 395 g/mol. The fourth-order valence-corrected chi connectivity index (χ4v) is 3.52. The summed E-state index contributed by atoms with van der Waals surface area (Å²) in [5.41, 5.74) is 3.29. The first-order chi connectivity index (χ1) is 14.7. The SMILES string of the molecule is CC(C)NC(=O)Nc1ccc(N(C)C)c(CN(Cc2cccc(F)c2)C(=O)C2CC2)c1. The Morgan fingerprint density at radius 2 is 1.84 bits per heavy atom. The highest BCUT2D eigenvalue weighted by atomic mass is 19.1. The Balaban J connectivity index is 1.86. The molecule has 0 aromatic heterocycles. The number of hydrogen-bond acceptors (Lipinski definition) is 3. The second kappa shape index (κ2) is 9.81. The lowest BCUT2D eigenvalue weighted by Crippen LogP contribution is -2.34. The summed E-state index contributed by atoms with van der Waals surface area (Å²) in [7, 11) is 3.88. The number of hydrogen-bond donors (Lipinski definition) is 2. The third-order valence-electron chi connectivity index (χ3n) is 5.10. The Hall–Kier alpha value is -3.09. The Morgan fingerprint density at radius 3 is 2.45 bits per heavy atom. The summed E-state index contributed by atoms with van der Waals surface area (Å²) in [5.74, 6) is -0.174. The van der Waals surface area contributed by atoms with Gasteiger partial charge < -0.3 is 20.4 Å². The van der Waals surface area contributed by atoms with E-state index in [1.165, 1.54) is 12.1 Å². The van der Waals surface area contributed by atoms with Gasteiger partial charge in [-0.1, -0.05) is 12.1 Å². The van der Waals surface area contributed by atoms with Gasteiger partial charge in [-0.25, -0.2) is 9.18 Å². The first-order valence-corrected chi connectivity index (χ1v) is 10.6. The number of benzene rings is 2. The molecular formula is C24H31FN4O2.